The summed E-state index contributed by atoms with van der Waals surface area (Å²) in [4.78, 5) is 51.0. The molecule has 148 valence electrons. The minimum absolute atomic E-state index is 0.0645. The fourth-order valence-electron chi connectivity index (χ4n) is 4.21. The average Bonchev–Trinajstić information content (AvgIpc) is 2.64. The molecule has 3 N–H and O–H groups in total. The Labute approximate surface area is 164 Å². The lowest BCUT2D eigenvalue weighted by atomic mass is 9.69. The van der Waals surface area contributed by atoms with Gasteiger partial charge in [-0.15, -0.1) is 0 Å². The van der Waals surface area contributed by atoms with Crippen LogP contribution in [-0.2, 0) is 9.53 Å². The number of Topliss-reactive ketones (excluding diaryl/α,β-unsaturated/α-hetero) is 1. The van der Waals surface area contributed by atoms with Gasteiger partial charge in [0.1, 0.15) is 17.4 Å². The lowest BCUT2D eigenvalue weighted by Gasteiger charge is -2.37. The van der Waals surface area contributed by atoms with E-state index in [1.165, 1.54) is 31.2 Å². The SMILES string of the molecule is COC(=O)C1c2cc3c(c(O)c2C(=O)CC1(C)O)C(=O)c1c(O)cccc1C3=O. The van der Waals surface area contributed by atoms with Crippen molar-refractivity contribution >= 4 is 23.3 Å². The maximum Gasteiger partial charge on any atom is 0.316 e. The van der Waals surface area contributed by atoms with E-state index in [-0.39, 0.29) is 27.8 Å². The Balaban J connectivity index is 2.06. The van der Waals surface area contributed by atoms with Crippen LogP contribution in [0.3, 0.4) is 0 Å². The third-order valence-electron chi connectivity index (χ3n) is 5.48. The Bertz CT molecular complexity index is 1140. The predicted octanol–water partition coefficient (Wildman–Crippen LogP) is 1.47. The Kier molecular flexibility index (Phi) is 3.89. The summed E-state index contributed by atoms with van der Waals surface area (Å²) in [5.41, 5.74) is -3.17. The van der Waals surface area contributed by atoms with Crippen LogP contribution in [0.2, 0.25) is 0 Å². The Morgan fingerprint density at radius 1 is 1.07 bits per heavy atom. The molecule has 2 aromatic carbocycles. The number of carbonyl (C=O) groups excluding carboxylic acids is 4. The van der Waals surface area contributed by atoms with Crippen molar-refractivity contribution in [3.05, 3.63) is 57.6 Å². The largest absolute Gasteiger partial charge is 0.507 e. The first-order chi connectivity index (χ1) is 13.6. The highest BCUT2D eigenvalue weighted by Crippen LogP contribution is 2.47. The summed E-state index contributed by atoms with van der Waals surface area (Å²) in [5, 5.41) is 31.5. The minimum atomic E-state index is -1.81. The molecular weight excluding hydrogens is 380 g/mol. The van der Waals surface area contributed by atoms with E-state index in [2.05, 4.69) is 0 Å². The van der Waals surface area contributed by atoms with Gasteiger partial charge in [-0.1, -0.05) is 12.1 Å². The third-order valence-corrected chi connectivity index (χ3v) is 5.48. The van der Waals surface area contributed by atoms with Gasteiger partial charge in [0.15, 0.2) is 11.6 Å². The number of fused-ring (bicyclic) bond motifs is 3. The highest BCUT2D eigenvalue weighted by molar-refractivity contribution is 6.31. The van der Waals surface area contributed by atoms with E-state index >= 15 is 0 Å². The molecule has 8 heteroatoms. The van der Waals surface area contributed by atoms with Crippen LogP contribution in [0.25, 0.3) is 0 Å². The molecule has 0 fully saturated rings. The summed E-state index contributed by atoms with van der Waals surface area (Å²) in [6.07, 6.45) is -0.490. The molecule has 29 heavy (non-hydrogen) atoms. The first-order valence-corrected chi connectivity index (χ1v) is 8.74. The number of phenols is 2. The van der Waals surface area contributed by atoms with Gasteiger partial charge in [0.25, 0.3) is 0 Å². The molecule has 0 aliphatic heterocycles. The summed E-state index contributed by atoms with van der Waals surface area (Å²) in [5.74, 6) is -5.53. The van der Waals surface area contributed by atoms with Crippen LogP contribution in [0.1, 0.15) is 67.0 Å². The predicted molar refractivity (Wildman–Crippen MR) is 97.4 cm³/mol. The number of ketones is 3. The molecule has 0 saturated carbocycles. The van der Waals surface area contributed by atoms with Gasteiger partial charge in [0.2, 0.25) is 5.78 Å². The van der Waals surface area contributed by atoms with Crippen LogP contribution < -0.4 is 0 Å². The molecule has 0 spiro atoms. The van der Waals surface area contributed by atoms with E-state index in [0.717, 1.165) is 7.11 Å². The number of rotatable bonds is 1. The summed E-state index contributed by atoms with van der Waals surface area (Å²) in [6, 6.07) is 5.16. The summed E-state index contributed by atoms with van der Waals surface area (Å²) in [7, 11) is 1.11. The fourth-order valence-corrected chi connectivity index (χ4v) is 4.21. The molecule has 2 aliphatic carbocycles. The zero-order valence-corrected chi connectivity index (χ0v) is 15.5. The van der Waals surface area contributed by atoms with Crippen LogP contribution in [0.15, 0.2) is 24.3 Å². The van der Waals surface area contributed by atoms with Crippen molar-refractivity contribution in [2.75, 3.05) is 7.11 Å². The van der Waals surface area contributed by atoms with Gasteiger partial charge >= 0.3 is 5.97 Å². The van der Waals surface area contributed by atoms with Gasteiger partial charge in [-0.3, -0.25) is 19.2 Å². The quantitative estimate of drug-likeness (QED) is 0.526. The van der Waals surface area contributed by atoms with Gasteiger partial charge in [0.05, 0.1) is 29.4 Å². The molecule has 0 amide bonds. The lowest BCUT2D eigenvalue weighted by Crippen LogP contribution is -2.44. The maximum atomic E-state index is 13.0. The average molecular weight is 396 g/mol. The number of hydrogen-bond donors (Lipinski definition) is 3. The molecule has 2 atom stereocenters. The van der Waals surface area contributed by atoms with E-state index in [1.807, 2.05) is 0 Å². The second-order valence-electron chi connectivity index (χ2n) is 7.38. The van der Waals surface area contributed by atoms with Crippen LogP contribution in [0, 0.1) is 0 Å². The zero-order valence-electron chi connectivity index (χ0n) is 15.5. The van der Waals surface area contributed by atoms with Crippen LogP contribution in [-0.4, -0.2) is 51.3 Å². The summed E-state index contributed by atoms with van der Waals surface area (Å²) in [6.45, 7) is 1.28. The number of esters is 1. The highest BCUT2D eigenvalue weighted by atomic mass is 16.5. The van der Waals surface area contributed by atoms with Crippen molar-refractivity contribution in [1.29, 1.82) is 0 Å². The second kappa shape index (κ2) is 5.99. The van der Waals surface area contributed by atoms with E-state index < -0.39 is 58.3 Å². The van der Waals surface area contributed by atoms with Gasteiger partial charge in [0, 0.05) is 17.5 Å². The molecule has 2 aromatic rings. The first-order valence-electron chi connectivity index (χ1n) is 8.74. The van der Waals surface area contributed by atoms with Crippen molar-refractivity contribution in [1.82, 2.24) is 0 Å². The Morgan fingerprint density at radius 2 is 1.76 bits per heavy atom. The Hall–Kier alpha value is -3.52. The smallest absolute Gasteiger partial charge is 0.316 e. The number of methoxy groups -OCH3 is 1. The molecule has 0 bridgehead atoms. The summed E-state index contributed by atoms with van der Waals surface area (Å²) < 4.78 is 4.74. The molecule has 2 unspecified atom stereocenters. The third kappa shape index (κ3) is 2.42. The normalized spacial score (nSPS) is 22.6. The molecule has 4 rings (SSSR count). The molecule has 0 aromatic heterocycles. The van der Waals surface area contributed by atoms with Crippen LogP contribution in [0.5, 0.6) is 11.5 Å². The molecular formula is C21H16O8. The highest BCUT2D eigenvalue weighted by Gasteiger charge is 2.49. The number of benzene rings is 2. The Morgan fingerprint density at radius 3 is 2.41 bits per heavy atom. The number of aliphatic hydroxyl groups is 1. The number of phenolic OH excluding ortho intramolecular Hbond substituents is 2. The van der Waals surface area contributed by atoms with Gasteiger partial charge < -0.3 is 20.1 Å². The van der Waals surface area contributed by atoms with E-state index in [9.17, 15) is 34.5 Å². The molecule has 0 radical (unpaired) electrons. The van der Waals surface area contributed by atoms with Gasteiger partial charge in [-0.2, -0.15) is 0 Å². The maximum absolute atomic E-state index is 13.0. The number of aromatic hydroxyl groups is 2. The van der Waals surface area contributed by atoms with Crippen molar-refractivity contribution in [2.45, 2.75) is 24.9 Å². The van der Waals surface area contributed by atoms with Crippen molar-refractivity contribution < 1.29 is 39.2 Å². The minimum Gasteiger partial charge on any atom is -0.507 e. The molecule has 8 nitrogen and oxygen atoms in total. The number of ether oxygens (including phenoxy) is 1. The van der Waals surface area contributed by atoms with E-state index in [1.54, 1.807) is 0 Å². The van der Waals surface area contributed by atoms with Crippen molar-refractivity contribution in [2.24, 2.45) is 0 Å². The monoisotopic (exact) mass is 396 g/mol. The number of hydrogen-bond acceptors (Lipinski definition) is 8. The van der Waals surface area contributed by atoms with E-state index in [0.29, 0.717) is 0 Å². The van der Waals surface area contributed by atoms with Crippen molar-refractivity contribution in [3.8, 4) is 11.5 Å². The second-order valence-corrected chi connectivity index (χ2v) is 7.38. The van der Waals surface area contributed by atoms with Crippen molar-refractivity contribution in [3.63, 3.8) is 0 Å². The van der Waals surface area contributed by atoms with Crippen LogP contribution in [0.4, 0.5) is 0 Å². The first kappa shape index (κ1) is 18.8. The lowest BCUT2D eigenvalue weighted by molar-refractivity contribution is -0.149. The van der Waals surface area contributed by atoms with Gasteiger partial charge in [-0.25, -0.2) is 0 Å². The molecule has 0 saturated heterocycles. The van der Waals surface area contributed by atoms with Gasteiger partial charge in [-0.05, 0) is 24.6 Å². The van der Waals surface area contributed by atoms with Crippen LogP contribution >= 0.6 is 0 Å². The molecule has 2 aliphatic rings. The summed E-state index contributed by atoms with van der Waals surface area (Å²) >= 11 is 0. The molecule has 0 heterocycles. The fraction of sp³-hybridized carbons (Fsp3) is 0.238. The zero-order chi connectivity index (χ0) is 21.2. The standard InChI is InChI=1S/C21H16O8/c1-21(28)7-12(23)14-9(16(21)20(27)29-2)6-10-15(19(14)26)18(25)13-8(17(10)24)4-3-5-11(13)22/h3-6,16,22,26,28H,7H2,1-2H3. The number of carbonyl (C=O) groups is 4. The topological polar surface area (TPSA) is 138 Å². The van der Waals surface area contributed by atoms with E-state index in [4.69, 9.17) is 4.74 Å².